The summed E-state index contributed by atoms with van der Waals surface area (Å²) in [6.45, 7) is -0.408. The molecule has 1 fully saturated rings. The molecule has 2 aliphatic rings. The lowest BCUT2D eigenvalue weighted by Crippen LogP contribution is -2.70. The van der Waals surface area contributed by atoms with Gasteiger partial charge in [0.2, 0.25) is 5.16 Å². The molecule has 4 rings (SSSR count). The quantitative estimate of drug-likeness (QED) is 0.237. The van der Waals surface area contributed by atoms with E-state index in [0.29, 0.717) is 22.7 Å². The van der Waals surface area contributed by atoms with Crippen LogP contribution in [-0.2, 0) is 27.3 Å². The van der Waals surface area contributed by atoms with Gasteiger partial charge in [-0.1, -0.05) is 24.0 Å². The lowest BCUT2D eigenvalue weighted by Gasteiger charge is -2.49. The Labute approximate surface area is 200 Å². The average Bonchev–Trinajstić information content (AvgIpc) is 3.22. The second kappa shape index (κ2) is 9.84. The Morgan fingerprint density at radius 2 is 2.06 bits per heavy atom. The lowest BCUT2D eigenvalue weighted by molar-refractivity contribution is -0.148. The third-order valence-electron chi connectivity index (χ3n) is 4.84. The molecule has 1 amide bonds. The largest absolute Gasteiger partial charge is 0.480 e. The fraction of sp³-hybridized carbons (Fsp3) is 0.333. The van der Waals surface area contributed by atoms with Crippen molar-refractivity contribution in [2.75, 3.05) is 11.5 Å². The number of thioether (sulfide) groups is 2. The molecule has 0 aromatic carbocycles. The molecule has 172 valence electrons. The van der Waals surface area contributed by atoms with E-state index in [1.807, 2.05) is 12.1 Å². The fourth-order valence-corrected chi connectivity index (χ4v) is 6.04. The van der Waals surface area contributed by atoms with E-state index in [9.17, 15) is 19.5 Å². The van der Waals surface area contributed by atoms with E-state index in [0.717, 1.165) is 22.0 Å². The molecule has 0 bridgehead atoms. The summed E-state index contributed by atoms with van der Waals surface area (Å²) >= 11 is 7.94. The molecule has 0 aliphatic carbocycles. The van der Waals surface area contributed by atoms with Crippen molar-refractivity contribution in [3.05, 3.63) is 41.4 Å². The third kappa shape index (κ3) is 4.99. The first-order valence-corrected chi connectivity index (χ1v) is 12.0. The van der Waals surface area contributed by atoms with E-state index in [1.54, 1.807) is 12.4 Å². The van der Waals surface area contributed by atoms with Gasteiger partial charge in [-0.05, 0) is 33.7 Å². The van der Waals surface area contributed by atoms with Crippen LogP contribution in [0.2, 0.25) is 0 Å². The minimum Gasteiger partial charge on any atom is -0.480 e. The Kier molecular flexibility index (Phi) is 6.90. The number of nitrogens with one attached hydrogen (secondary N) is 1. The van der Waals surface area contributed by atoms with Crippen LogP contribution >= 0.6 is 35.7 Å². The van der Waals surface area contributed by atoms with E-state index in [-0.39, 0.29) is 27.9 Å². The Hall–Kier alpha value is -3.04. The van der Waals surface area contributed by atoms with Crippen molar-refractivity contribution in [1.82, 2.24) is 35.4 Å². The van der Waals surface area contributed by atoms with Crippen LogP contribution in [0.3, 0.4) is 0 Å². The number of hydrogen-bond donors (Lipinski definition) is 3. The van der Waals surface area contributed by atoms with Crippen molar-refractivity contribution in [1.29, 1.82) is 0 Å². The molecule has 0 saturated carbocycles. The number of carboxylic acids is 2. The van der Waals surface area contributed by atoms with Gasteiger partial charge in [0.15, 0.2) is 0 Å². The highest BCUT2D eigenvalue weighted by molar-refractivity contribution is 8.01. The molecule has 33 heavy (non-hydrogen) atoms. The van der Waals surface area contributed by atoms with Crippen LogP contribution in [0.15, 0.2) is 41.0 Å². The number of pyridine rings is 1. The highest BCUT2D eigenvalue weighted by Crippen LogP contribution is 2.41. The first-order valence-electron chi connectivity index (χ1n) is 9.54. The maximum atomic E-state index is 12.8. The molecule has 15 heteroatoms. The van der Waals surface area contributed by atoms with Gasteiger partial charge in [-0.3, -0.25) is 19.5 Å². The van der Waals surface area contributed by atoms with E-state index in [4.69, 9.17) is 17.3 Å². The summed E-state index contributed by atoms with van der Waals surface area (Å²) in [7, 11) is 0. The summed E-state index contributed by atoms with van der Waals surface area (Å²) in [5.41, 5.74) is 1.43. The van der Waals surface area contributed by atoms with E-state index >= 15 is 0 Å². The molecule has 4 heterocycles. The van der Waals surface area contributed by atoms with E-state index in [2.05, 4.69) is 25.8 Å². The predicted molar refractivity (Wildman–Crippen MR) is 121 cm³/mol. The monoisotopic (exact) mass is 507 g/mol. The first-order chi connectivity index (χ1) is 15.8. The number of β-lactam (4-membered cyclic amide) rings is 1. The smallest absolute Gasteiger partial charge is 0.352 e. The SMILES string of the molecule is O=C(O)Cn1nnnc1SCC1=C(C(=O)O)N2C(=O)C(NC(=S)Cc3ccncc3)[C@H]2SC1. The van der Waals surface area contributed by atoms with Gasteiger partial charge in [-0.25, -0.2) is 9.48 Å². The number of carbonyl (C=O) groups is 3. The average molecular weight is 508 g/mol. The van der Waals surface area contributed by atoms with Gasteiger partial charge in [0, 0.05) is 30.3 Å². The second-order valence-electron chi connectivity index (χ2n) is 7.05. The zero-order chi connectivity index (χ0) is 23.5. The Balaban J connectivity index is 1.43. The fourth-order valence-electron chi connectivity index (χ4n) is 3.38. The Morgan fingerprint density at radius 1 is 1.30 bits per heavy atom. The number of carbonyl (C=O) groups excluding carboxylic acids is 1. The maximum Gasteiger partial charge on any atom is 0.352 e. The maximum absolute atomic E-state index is 12.8. The van der Waals surface area contributed by atoms with Gasteiger partial charge >= 0.3 is 11.9 Å². The van der Waals surface area contributed by atoms with Gasteiger partial charge in [-0.15, -0.1) is 16.9 Å². The van der Waals surface area contributed by atoms with Crippen LogP contribution in [-0.4, -0.2) is 86.1 Å². The lowest BCUT2D eigenvalue weighted by atomic mass is 10.0. The molecular formula is C18H17N7O5S3. The summed E-state index contributed by atoms with van der Waals surface area (Å²) in [5, 5.41) is 32.5. The molecule has 1 saturated heterocycles. The van der Waals surface area contributed by atoms with Crippen LogP contribution in [0.1, 0.15) is 5.56 Å². The molecular weight excluding hydrogens is 490 g/mol. The predicted octanol–water partition coefficient (Wildman–Crippen LogP) is 0.0269. The minimum absolute atomic E-state index is 0.0633. The molecule has 1 unspecified atom stereocenters. The highest BCUT2D eigenvalue weighted by Gasteiger charge is 2.53. The number of carboxylic acid groups (broad SMARTS) is 2. The minimum atomic E-state index is -1.20. The second-order valence-corrected chi connectivity index (χ2v) is 9.59. The van der Waals surface area contributed by atoms with Crippen molar-refractivity contribution in [3.63, 3.8) is 0 Å². The molecule has 2 atom stereocenters. The summed E-state index contributed by atoms with van der Waals surface area (Å²) in [5.74, 6) is -2.08. The number of nitrogens with zero attached hydrogens (tertiary/aromatic N) is 6. The number of fused-ring (bicyclic) bond motifs is 1. The van der Waals surface area contributed by atoms with Gasteiger partial charge < -0.3 is 15.5 Å². The van der Waals surface area contributed by atoms with Gasteiger partial charge in [0.25, 0.3) is 5.91 Å². The molecule has 12 nitrogen and oxygen atoms in total. The van der Waals surface area contributed by atoms with Crippen LogP contribution in [0.5, 0.6) is 0 Å². The number of amides is 1. The molecule has 2 aliphatic heterocycles. The van der Waals surface area contributed by atoms with Crippen LogP contribution in [0.25, 0.3) is 0 Å². The van der Waals surface area contributed by atoms with Crippen molar-refractivity contribution >= 4 is 58.6 Å². The zero-order valence-corrected chi connectivity index (χ0v) is 19.3. The standard InChI is InChI=1S/C18H17N7O5S3/c26-12(27)6-24-18(21-22-23-24)33-8-10-7-32-16-13(15(28)25(16)14(10)17(29)30)20-11(31)5-9-1-3-19-4-2-9/h1-4,13,16H,5-8H2,(H,20,31)(H,26,27)(H,29,30)/t13?,16-/m1/s1. The van der Waals surface area contributed by atoms with Crippen molar-refractivity contribution < 1.29 is 24.6 Å². The van der Waals surface area contributed by atoms with Crippen LogP contribution in [0.4, 0.5) is 0 Å². The number of tetrazole rings is 1. The molecule has 2 aromatic heterocycles. The summed E-state index contributed by atoms with van der Waals surface area (Å²) < 4.78 is 1.12. The molecule has 2 aromatic rings. The van der Waals surface area contributed by atoms with Crippen molar-refractivity contribution in [3.8, 4) is 0 Å². The van der Waals surface area contributed by atoms with Crippen molar-refractivity contribution in [2.24, 2.45) is 0 Å². The van der Waals surface area contributed by atoms with E-state index in [1.165, 1.54) is 16.7 Å². The number of aromatic nitrogens is 5. The number of thiocarbonyl (C=S) groups is 1. The van der Waals surface area contributed by atoms with Gasteiger partial charge in [0.05, 0.1) is 4.99 Å². The molecule has 0 radical (unpaired) electrons. The summed E-state index contributed by atoms with van der Waals surface area (Å²) in [6, 6.07) is 3.07. The van der Waals surface area contributed by atoms with Crippen LogP contribution < -0.4 is 5.32 Å². The van der Waals surface area contributed by atoms with Crippen LogP contribution in [0, 0.1) is 0 Å². The number of hydrogen-bond acceptors (Lipinski definition) is 10. The molecule has 3 N–H and O–H groups in total. The highest BCUT2D eigenvalue weighted by atomic mass is 32.2. The van der Waals surface area contributed by atoms with Gasteiger partial charge in [-0.2, -0.15) is 0 Å². The molecule has 0 spiro atoms. The Morgan fingerprint density at radius 3 is 2.76 bits per heavy atom. The van der Waals surface area contributed by atoms with Crippen molar-refractivity contribution in [2.45, 2.75) is 29.5 Å². The topological polar surface area (TPSA) is 163 Å². The zero-order valence-electron chi connectivity index (χ0n) is 16.8. The number of rotatable bonds is 9. The number of aliphatic carboxylic acids is 2. The normalized spacial score (nSPS) is 19.6. The Bertz CT molecular complexity index is 1140. The summed E-state index contributed by atoms with van der Waals surface area (Å²) in [6.07, 6.45) is 3.78. The van der Waals surface area contributed by atoms with E-state index < -0.39 is 24.5 Å². The first kappa shape index (κ1) is 23.1. The third-order valence-corrected chi connectivity index (χ3v) is 7.49. The summed E-state index contributed by atoms with van der Waals surface area (Å²) in [4.78, 5) is 41.5. The van der Waals surface area contributed by atoms with Gasteiger partial charge in [0.1, 0.15) is 23.7 Å².